The number of hydrogen-bond donors (Lipinski definition) is 0. The summed E-state index contributed by atoms with van der Waals surface area (Å²) in [4.78, 5) is 43.3. The minimum absolute atomic E-state index is 0.111. The van der Waals surface area contributed by atoms with Crippen molar-refractivity contribution < 1.29 is 18.8 Å². The SMILES string of the molecule is CC(=O)c1ccc(N2C(=O)c3cnc4c(c(C)nn4-c4cccc(F)c4)c3C2=O)cc1. The van der Waals surface area contributed by atoms with Crippen molar-refractivity contribution in [2.24, 2.45) is 0 Å². The van der Waals surface area contributed by atoms with E-state index in [0.29, 0.717) is 33.7 Å². The minimum Gasteiger partial charge on any atom is -0.295 e. The molecule has 0 radical (unpaired) electrons. The van der Waals surface area contributed by atoms with Gasteiger partial charge in [-0.1, -0.05) is 6.07 Å². The van der Waals surface area contributed by atoms with Gasteiger partial charge in [-0.3, -0.25) is 14.4 Å². The number of carbonyl (C=O) groups is 3. The molecule has 0 atom stereocenters. The number of aromatic nitrogens is 3. The Morgan fingerprint density at radius 2 is 1.74 bits per heavy atom. The molecule has 0 unspecified atom stereocenters. The number of imide groups is 1. The molecule has 2 amide bonds. The Morgan fingerprint density at radius 1 is 1.00 bits per heavy atom. The van der Waals surface area contributed by atoms with Crippen LogP contribution in [0.15, 0.2) is 54.7 Å². The molecule has 0 aliphatic carbocycles. The fourth-order valence-corrected chi connectivity index (χ4v) is 3.83. The average molecular weight is 414 g/mol. The molecule has 152 valence electrons. The van der Waals surface area contributed by atoms with Crippen molar-refractivity contribution in [3.8, 4) is 5.69 Å². The molecular formula is C23H15FN4O3. The summed E-state index contributed by atoms with van der Waals surface area (Å²) in [5.74, 6) is -1.53. The van der Waals surface area contributed by atoms with Crippen LogP contribution in [0.2, 0.25) is 0 Å². The first-order valence-electron chi connectivity index (χ1n) is 9.51. The van der Waals surface area contributed by atoms with Gasteiger partial charge < -0.3 is 0 Å². The van der Waals surface area contributed by atoms with Crippen LogP contribution in [0.5, 0.6) is 0 Å². The molecule has 0 fully saturated rings. The monoisotopic (exact) mass is 414 g/mol. The van der Waals surface area contributed by atoms with Crippen LogP contribution in [0.4, 0.5) is 10.1 Å². The molecule has 7 nitrogen and oxygen atoms in total. The lowest BCUT2D eigenvalue weighted by atomic mass is 10.1. The van der Waals surface area contributed by atoms with Gasteiger partial charge in [0.25, 0.3) is 11.8 Å². The van der Waals surface area contributed by atoms with E-state index in [-0.39, 0.29) is 16.9 Å². The summed E-state index contributed by atoms with van der Waals surface area (Å²) < 4.78 is 15.2. The van der Waals surface area contributed by atoms with E-state index in [0.717, 1.165) is 4.90 Å². The predicted octanol–water partition coefficient (Wildman–Crippen LogP) is 3.87. The van der Waals surface area contributed by atoms with Gasteiger partial charge in [0.05, 0.1) is 33.6 Å². The Bertz CT molecular complexity index is 1420. The van der Waals surface area contributed by atoms with Gasteiger partial charge in [-0.15, -0.1) is 0 Å². The first-order chi connectivity index (χ1) is 14.9. The lowest BCUT2D eigenvalue weighted by molar-refractivity contribution is 0.0925. The molecule has 8 heteroatoms. The van der Waals surface area contributed by atoms with Gasteiger partial charge >= 0.3 is 0 Å². The number of halogens is 1. The fourth-order valence-electron chi connectivity index (χ4n) is 3.83. The van der Waals surface area contributed by atoms with Gasteiger partial charge in [-0.2, -0.15) is 5.10 Å². The van der Waals surface area contributed by atoms with Gasteiger partial charge in [-0.05, 0) is 56.3 Å². The molecular weight excluding hydrogens is 399 g/mol. The van der Waals surface area contributed by atoms with Crippen LogP contribution in [0.3, 0.4) is 0 Å². The summed E-state index contributed by atoms with van der Waals surface area (Å²) in [6, 6.07) is 12.1. The van der Waals surface area contributed by atoms with Crippen molar-refractivity contribution in [2.75, 3.05) is 4.90 Å². The van der Waals surface area contributed by atoms with E-state index in [2.05, 4.69) is 10.1 Å². The molecule has 31 heavy (non-hydrogen) atoms. The number of amides is 2. The van der Waals surface area contributed by atoms with Crippen molar-refractivity contribution >= 4 is 34.3 Å². The summed E-state index contributed by atoms with van der Waals surface area (Å²) in [6.07, 6.45) is 1.35. The van der Waals surface area contributed by atoms with E-state index in [4.69, 9.17) is 0 Å². The number of ketones is 1. The zero-order valence-electron chi connectivity index (χ0n) is 16.6. The summed E-state index contributed by atoms with van der Waals surface area (Å²) in [5, 5.41) is 4.88. The zero-order chi connectivity index (χ0) is 21.9. The highest BCUT2D eigenvalue weighted by atomic mass is 19.1. The van der Waals surface area contributed by atoms with Gasteiger partial charge in [0.15, 0.2) is 11.4 Å². The van der Waals surface area contributed by atoms with Crippen molar-refractivity contribution in [3.63, 3.8) is 0 Å². The van der Waals surface area contributed by atoms with Crippen molar-refractivity contribution in [3.05, 3.63) is 82.9 Å². The second-order valence-corrected chi connectivity index (χ2v) is 7.27. The third kappa shape index (κ3) is 2.76. The normalized spacial score (nSPS) is 13.2. The zero-order valence-corrected chi connectivity index (χ0v) is 16.6. The lowest BCUT2D eigenvalue weighted by Crippen LogP contribution is -2.29. The maximum atomic E-state index is 13.7. The summed E-state index contributed by atoms with van der Waals surface area (Å²) >= 11 is 0. The van der Waals surface area contributed by atoms with Crippen LogP contribution in [0.1, 0.15) is 43.7 Å². The number of hydrogen-bond acceptors (Lipinski definition) is 5. The van der Waals surface area contributed by atoms with Crippen molar-refractivity contribution in [1.29, 1.82) is 0 Å². The van der Waals surface area contributed by atoms with E-state index < -0.39 is 17.6 Å². The third-order valence-corrected chi connectivity index (χ3v) is 5.31. The minimum atomic E-state index is -0.497. The molecule has 2 aromatic heterocycles. The molecule has 1 aliphatic heterocycles. The van der Waals surface area contributed by atoms with E-state index in [1.165, 1.54) is 29.9 Å². The van der Waals surface area contributed by atoms with Gasteiger partial charge in [-0.25, -0.2) is 19.0 Å². The van der Waals surface area contributed by atoms with E-state index >= 15 is 0 Å². The van der Waals surface area contributed by atoms with Crippen LogP contribution in [-0.4, -0.2) is 32.4 Å². The number of Topliss-reactive ketones (excluding diaryl/α,β-unsaturated/α-hetero) is 1. The summed E-state index contributed by atoms with van der Waals surface area (Å²) in [5.41, 5.74) is 2.55. The topological polar surface area (TPSA) is 85.2 Å². The van der Waals surface area contributed by atoms with E-state index in [1.54, 1.807) is 43.3 Å². The number of anilines is 1. The van der Waals surface area contributed by atoms with Crippen molar-refractivity contribution in [1.82, 2.24) is 14.8 Å². The number of fused-ring (bicyclic) bond motifs is 3. The Kier molecular flexibility index (Phi) is 4.04. The maximum Gasteiger partial charge on any atom is 0.267 e. The molecule has 5 rings (SSSR count). The predicted molar refractivity (Wildman–Crippen MR) is 111 cm³/mol. The summed E-state index contributed by atoms with van der Waals surface area (Å²) in [6.45, 7) is 3.15. The second kappa shape index (κ2) is 6.66. The Hall–Kier alpha value is -4.20. The first-order valence-corrected chi connectivity index (χ1v) is 9.51. The van der Waals surface area contributed by atoms with Gasteiger partial charge in [0.2, 0.25) is 0 Å². The molecule has 0 saturated heterocycles. The van der Waals surface area contributed by atoms with Crippen LogP contribution in [-0.2, 0) is 0 Å². The number of carbonyl (C=O) groups excluding carboxylic acids is 3. The fraction of sp³-hybridized carbons (Fsp3) is 0.0870. The molecule has 0 spiro atoms. The molecule has 1 aliphatic rings. The molecule has 0 bridgehead atoms. The largest absolute Gasteiger partial charge is 0.295 e. The van der Waals surface area contributed by atoms with E-state index in [1.807, 2.05) is 0 Å². The highest BCUT2D eigenvalue weighted by Crippen LogP contribution is 2.34. The van der Waals surface area contributed by atoms with Crippen LogP contribution >= 0.6 is 0 Å². The van der Waals surface area contributed by atoms with Crippen molar-refractivity contribution in [2.45, 2.75) is 13.8 Å². The Balaban J connectivity index is 1.66. The number of benzene rings is 2. The van der Waals surface area contributed by atoms with Gasteiger partial charge in [0, 0.05) is 11.8 Å². The molecule has 3 heterocycles. The van der Waals surface area contributed by atoms with Gasteiger partial charge in [0.1, 0.15) is 5.82 Å². The number of aryl methyl sites for hydroxylation is 1. The number of pyridine rings is 1. The van der Waals surface area contributed by atoms with E-state index in [9.17, 15) is 18.8 Å². The summed E-state index contributed by atoms with van der Waals surface area (Å²) in [7, 11) is 0. The van der Waals surface area contributed by atoms with Crippen LogP contribution < -0.4 is 4.90 Å². The first kappa shape index (κ1) is 18.8. The molecule has 0 saturated carbocycles. The molecule has 4 aromatic rings. The Labute approximate surface area is 175 Å². The third-order valence-electron chi connectivity index (χ3n) is 5.31. The van der Waals surface area contributed by atoms with Crippen LogP contribution in [0, 0.1) is 12.7 Å². The maximum absolute atomic E-state index is 13.7. The molecule has 2 aromatic carbocycles. The average Bonchev–Trinajstić information content (AvgIpc) is 3.22. The number of nitrogens with zero attached hydrogens (tertiary/aromatic N) is 4. The lowest BCUT2D eigenvalue weighted by Gasteiger charge is -2.14. The quantitative estimate of drug-likeness (QED) is 0.375. The highest BCUT2D eigenvalue weighted by Gasteiger charge is 2.40. The highest BCUT2D eigenvalue weighted by molar-refractivity contribution is 6.37. The smallest absolute Gasteiger partial charge is 0.267 e. The number of rotatable bonds is 3. The molecule has 0 N–H and O–H groups in total. The second-order valence-electron chi connectivity index (χ2n) is 7.27. The standard InChI is InChI=1S/C23H15FN4O3/c1-12-19-20-18(11-25-21(19)28(26-12)17-5-3-4-15(24)10-17)22(30)27(23(20)31)16-8-6-14(7-9-16)13(2)29/h3-11H,1-2H3. The Morgan fingerprint density at radius 3 is 2.42 bits per heavy atom. The van der Waals surface area contributed by atoms with Crippen LogP contribution in [0.25, 0.3) is 16.7 Å².